The summed E-state index contributed by atoms with van der Waals surface area (Å²) >= 11 is 12.4. The lowest BCUT2D eigenvalue weighted by Crippen LogP contribution is -2.23. The molecule has 138 valence electrons. The molecule has 4 nitrogen and oxygen atoms in total. The summed E-state index contributed by atoms with van der Waals surface area (Å²) in [6.07, 6.45) is 3.40. The van der Waals surface area contributed by atoms with E-state index in [-0.39, 0.29) is 5.91 Å². The number of rotatable bonds is 4. The third kappa shape index (κ3) is 3.84. The molecule has 4 aromatic rings. The highest BCUT2D eigenvalue weighted by Gasteiger charge is 2.15. The van der Waals surface area contributed by atoms with Crippen molar-refractivity contribution < 1.29 is 4.79 Å². The summed E-state index contributed by atoms with van der Waals surface area (Å²) in [6, 6.07) is 18.3. The molecule has 0 atom stereocenters. The van der Waals surface area contributed by atoms with E-state index in [0.717, 1.165) is 22.0 Å². The van der Waals surface area contributed by atoms with Crippen LogP contribution in [-0.2, 0) is 6.54 Å². The number of carbonyl (C=O) groups excluding carboxylic acids is 1. The third-order valence-electron chi connectivity index (χ3n) is 4.37. The number of carbonyl (C=O) groups is 1. The normalized spacial score (nSPS) is 10.8. The van der Waals surface area contributed by atoms with Crippen molar-refractivity contribution in [3.63, 3.8) is 0 Å². The van der Waals surface area contributed by atoms with Crippen molar-refractivity contribution >= 4 is 40.0 Å². The molecule has 6 heteroatoms. The van der Waals surface area contributed by atoms with Gasteiger partial charge in [0, 0.05) is 34.9 Å². The number of pyridine rings is 2. The molecule has 0 aliphatic carbocycles. The van der Waals surface area contributed by atoms with Crippen LogP contribution in [-0.4, -0.2) is 15.9 Å². The molecule has 1 amide bonds. The number of hydrogen-bond donors (Lipinski definition) is 1. The summed E-state index contributed by atoms with van der Waals surface area (Å²) in [5.41, 5.74) is 3.58. The number of hydrogen-bond acceptors (Lipinski definition) is 3. The number of benzene rings is 2. The van der Waals surface area contributed by atoms with Crippen LogP contribution in [0.25, 0.3) is 22.2 Å². The van der Waals surface area contributed by atoms with Gasteiger partial charge in [0.15, 0.2) is 0 Å². The molecule has 0 spiro atoms. The molecule has 28 heavy (non-hydrogen) atoms. The molecule has 0 unspecified atom stereocenters. The first-order chi connectivity index (χ1) is 13.6. The minimum absolute atomic E-state index is 0.179. The van der Waals surface area contributed by atoms with Crippen LogP contribution >= 0.6 is 23.2 Å². The van der Waals surface area contributed by atoms with E-state index in [1.54, 1.807) is 36.7 Å². The van der Waals surface area contributed by atoms with E-state index in [4.69, 9.17) is 23.2 Å². The van der Waals surface area contributed by atoms with Crippen LogP contribution < -0.4 is 5.32 Å². The van der Waals surface area contributed by atoms with E-state index in [0.29, 0.717) is 27.8 Å². The fraction of sp³-hybridized carbons (Fsp3) is 0.0455. The lowest BCUT2D eigenvalue weighted by molar-refractivity contribution is 0.0952. The minimum atomic E-state index is -0.179. The molecule has 4 rings (SSSR count). The fourth-order valence-corrected chi connectivity index (χ4v) is 3.48. The Labute approximate surface area is 172 Å². The number of aromatic nitrogens is 2. The Bertz CT molecular complexity index is 1160. The molecule has 1 N–H and O–H groups in total. The highest BCUT2D eigenvalue weighted by molar-refractivity contribution is 6.36. The number of halogens is 2. The van der Waals surface area contributed by atoms with E-state index in [1.165, 1.54) is 0 Å². The van der Waals surface area contributed by atoms with Gasteiger partial charge in [-0.3, -0.25) is 9.78 Å². The van der Waals surface area contributed by atoms with Gasteiger partial charge in [0.05, 0.1) is 21.8 Å². The number of amides is 1. The highest BCUT2D eigenvalue weighted by atomic mass is 35.5. The molecule has 2 aromatic heterocycles. The predicted molar refractivity (Wildman–Crippen MR) is 113 cm³/mol. The molecule has 0 saturated heterocycles. The molecule has 0 radical (unpaired) electrons. The number of para-hydroxylation sites is 1. The van der Waals surface area contributed by atoms with Gasteiger partial charge >= 0.3 is 0 Å². The lowest BCUT2D eigenvalue weighted by atomic mass is 10.0. The molecule has 0 aliphatic rings. The summed E-state index contributed by atoms with van der Waals surface area (Å²) in [7, 11) is 0. The topological polar surface area (TPSA) is 54.9 Å². The molecule has 0 saturated carbocycles. The first-order valence-corrected chi connectivity index (χ1v) is 9.40. The van der Waals surface area contributed by atoms with Gasteiger partial charge in [-0.15, -0.1) is 0 Å². The fourth-order valence-electron chi connectivity index (χ4n) is 2.98. The molecule has 0 aliphatic heterocycles. The lowest BCUT2D eigenvalue weighted by Gasteiger charge is -2.11. The standard InChI is InChI=1S/C22H15Cl2N3O/c23-15-5-6-17(19(24)11-15)21-12-18(16-3-1-2-4-20(16)27-21)22(28)26-13-14-7-9-25-10-8-14/h1-12H,13H2,(H,26,28). The van der Waals surface area contributed by atoms with Crippen molar-refractivity contribution in [2.75, 3.05) is 0 Å². The zero-order valence-electron chi connectivity index (χ0n) is 14.7. The second kappa shape index (κ2) is 7.97. The van der Waals surface area contributed by atoms with Crippen molar-refractivity contribution in [1.29, 1.82) is 0 Å². The van der Waals surface area contributed by atoms with Gasteiger partial charge in [-0.1, -0.05) is 41.4 Å². The molecular weight excluding hydrogens is 393 g/mol. The van der Waals surface area contributed by atoms with Gasteiger partial charge in [0.2, 0.25) is 0 Å². The van der Waals surface area contributed by atoms with Crippen molar-refractivity contribution in [2.45, 2.75) is 6.54 Å². The maximum Gasteiger partial charge on any atom is 0.252 e. The van der Waals surface area contributed by atoms with Gasteiger partial charge in [-0.25, -0.2) is 4.98 Å². The minimum Gasteiger partial charge on any atom is -0.348 e. The average Bonchev–Trinajstić information content (AvgIpc) is 2.72. The maximum atomic E-state index is 12.9. The number of nitrogens with zero attached hydrogens (tertiary/aromatic N) is 2. The SMILES string of the molecule is O=C(NCc1ccncc1)c1cc(-c2ccc(Cl)cc2Cl)nc2ccccc12. The van der Waals surface area contributed by atoms with Crippen LogP contribution in [0, 0.1) is 0 Å². The second-order valence-electron chi connectivity index (χ2n) is 6.23. The van der Waals surface area contributed by atoms with Gasteiger partial charge < -0.3 is 5.32 Å². The van der Waals surface area contributed by atoms with E-state index in [2.05, 4.69) is 15.3 Å². The summed E-state index contributed by atoms with van der Waals surface area (Å²) in [5.74, 6) is -0.179. The largest absolute Gasteiger partial charge is 0.348 e. The smallest absolute Gasteiger partial charge is 0.252 e. The Morgan fingerprint density at radius 2 is 1.75 bits per heavy atom. The van der Waals surface area contributed by atoms with Crippen molar-refractivity contribution in [1.82, 2.24) is 15.3 Å². The van der Waals surface area contributed by atoms with Crippen LogP contribution in [0.1, 0.15) is 15.9 Å². The molecule has 2 heterocycles. The van der Waals surface area contributed by atoms with E-state index >= 15 is 0 Å². The molecular formula is C22H15Cl2N3O. The van der Waals surface area contributed by atoms with Gasteiger partial charge in [-0.05, 0) is 48.0 Å². The average molecular weight is 408 g/mol. The van der Waals surface area contributed by atoms with E-state index in [1.807, 2.05) is 36.4 Å². The van der Waals surface area contributed by atoms with Gasteiger partial charge in [-0.2, -0.15) is 0 Å². The Morgan fingerprint density at radius 1 is 0.964 bits per heavy atom. The van der Waals surface area contributed by atoms with Gasteiger partial charge in [0.25, 0.3) is 5.91 Å². The second-order valence-corrected chi connectivity index (χ2v) is 7.08. The Balaban J connectivity index is 1.75. The summed E-state index contributed by atoms with van der Waals surface area (Å²) < 4.78 is 0. The Hall–Kier alpha value is -2.95. The van der Waals surface area contributed by atoms with Crippen LogP contribution in [0.3, 0.4) is 0 Å². The van der Waals surface area contributed by atoms with Crippen LogP contribution in [0.5, 0.6) is 0 Å². The van der Waals surface area contributed by atoms with Crippen molar-refractivity contribution in [3.05, 3.63) is 94.2 Å². The van der Waals surface area contributed by atoms with Crippen molar-refractivity contribution in [2.24, 2.45) is 0 Å². The van der Waals surface area contributed by atoms with Crippen LogP contribution in [0.15, 0.2) is 73.1 Å². The van der Waals surface area contributed by atoms with E-state index < -0.39 is 0 Å². The Morgan fingerprint density at radius 3 is 2.54 bits per heavy atom. The number of fused-ring (bicyclic) bond motifs is 1. The van der Waals surface area contributed by atoms with Crippen LogP contribution in [0.2, 0.25) is 10.0 Å². The quantitative estimate of drug-likeness (QED) is 0.483. The predicted octanol–water partition coefficient (Wildman–Crippen LogP) is 5.53. The maximum absolute atomic E-state index is 12.9. The zero-order chi connectivity index (χ0) is 19.5. The molecule has 0 fully saturated rings. The first kappa shape index (κ1) is 18.4. The Kier molecular flexibility index (Phi) is 5.24. The monoisotopic (exact) mass is 407 g/mol. The molecule has 2 aromatic carbocycles. The van der Waals surface area contributed by atoms with Gasteiger partial charge in [0.1, 0.15) is 0 Å². The summed E-state index contributed by atoms with van der Waals surface area (Å²) in [4.78, 5) is 21.6. The number of nitrogens with one attached hydrogen (secondary N) is 1. The zero-order valence-corrected chi connectivity index (χ0v) is 16.2. The van der Waals surface area contributed by atoms with Crippen LogP contribution in [0.4, 0.5) is 0 Å². The molecule has 0 bridgehead atoms. The highest BCUT2D eigenvalue weighted by Crippen LogP contribution is 2.31. The first-order valence-electron chi connectivity index (χ1n) is 8.64. The van der Waals surface area contributed by atoms with E-state index in [9.17, 15) is 4.79 Å². The third-order valence-corrected chi connectivity index (χ3v) is 4.92. The summed E-state index contributed by atoms with van der Waals surface area (Å²) in [5, 5.41) is 4.77. The summed E-state index contributed by atoms with van der Waals surface area (Å²) in [6.45, 7) is 0.412. The van der Waals surface area contributed by atoms with Crippen molar-refractivity contribution in [3.8, 4) is 11.3 Å².